The van der Waals surface area contributed by atoms with Crippen molar-refractivity contribution in [2.75, 3.05) is 0 Å². The quantitative estimate of drug-likeness (QED) is 0.419. The van der Waals surface area contributed by atoms with Gasteiger partial charge >= 0.3 is 0 Å². The van der Waals surface area contributed by atoms with E-state index in [2.05, 4.69) is 15.0 Å². The zero-order valence-electron chi connectivity index (χ0n) is 13.3. The molecule has 9 heteroatoms. The van der Waals surface area contributed by atoms with Crippen LogP contribution in [-0.4, -0.2) is 15.0 Å². The smallest absolute Gasteiger partial charge is 0.260 e. The highest BCUT2D eigenvalue weighted by Gasteiger charge is 2.18. The van der Waals surface area contributed by atoms with Crippen molar-refractivity contribution in [1.29, 1.82) is 0 Å². The highest BCUT2D eigenvalue weighted by atomic mass is 35.5. The van der Waals surface area contributed by atoms with Crippen LogP contribution in [0.1, 0.15) is 18.0 Å². The molecule has 0 aliphatic rings. The average molecular weight is 424 g/mol. The zero-order chi connectivity index (χ0) is 18.3. The third-order valence-corrected chi connectivity index (χ3v) is 6.30. The summed E-state index contributed by atoms with van der Waals surface area (Å²) in [5.74, 6) is 1.21. The SMILES string of the molecule is CC(Sc1ncc(Cl)cc1Cl)c1nc2scc(-c3ccco3)c2c(=O)[nH]1. The number of nitrogens with zero attached hydrogens (tertiary/aromatic N) is 2. The number of aromatic amines is 1. The predicted molar refractivity (Wildman–Crippen MR) is 106 cm³/mol. The normalized spacial score (nSPS) is 12.6. The van der Waals surface area contributed by atoms with Crippen LogP contribution >= 0.6 is 46.3 Å². The Balaban J connectivity index is 1.70. The molecule has 1 atom stereocenters. The summed E-state index contributed by atoms with van der Waals surface area (Å²) < 4.78 is 5.41. The van der Waals surface area contributed by atoms with E-state index < -0.39 is 0 Å². The van der Waals surface area contributed by atoms with Gasteiger partial charge in [-0.1, -0.05) is 35.0 Å². The maximum Gasteiger partial charge on any atom is 0.260 e. The molecule has 1 unspecified atom stereocenters. The lowest BCUT2D eigenvalue weighted by Gasteiger charge is -2.11. The number of thioether (sulfide) groups is 1. The maximum absolute atomic E-state index is 12.6. The van der Waals surface area contributed by atoms with E-state index in [0.29, 0.717) is 36.9 Å². The van der Waals surface area contributed by atoms with Gasteiger partial charge < -0.3 is 9.40 Å². The molecule has 0 aliphatic carbocycles. The molecule has 0 saturated heterocycles. The van der Waals surface area contributed by atoms with E-state index in [-0.39, 0.29) is 10.8 Å². The number of furan rings is 1. The van der Waals surface area contributed by atoms with Crippen LogP contribution in [0.25, 0.3) is 21.5 Å². The topological polar surface area (TPSA) is 71.8 Å². The molecule has 5 nitrogen and oxygen atoms in total. The minimum atomic E-state index is -0.194. The second-order valence-corrected chi connectivity index (χ2v) is 8.49. The van der Waals surface area contributed by atoms with Gasteiger partial charge in [-0.05, 0) is 25.1 Å². The van der Waals surface area contributed by atoms with E-state index in [0.717, 1.165) is 5.56 Å². The van der Waals surface area contributed by atoms with Crippen LogP contribution in [0.4, 0.5) is 0 Å². The number of aromatic nitrogens is 3. The number of fused-ring (bicyclic) bond motifs is 1. The van der Waals surface area contributed by atoms with Gasteiger partial charge in [0.05, 0.1) is 26.9 Å². The Labute approximate surface area is 166 Å². The molecule has 0 aromatic carbocycles. The molecule has 132 valence electrons. The summed E-state index contributed by atoms with van der Waals surface area (Å²) in [6.45, 7) is 1.93. The molecular weight excluding hydrogens is 413 g/mol. The monoisotopic (exact) mass is 423 g/mol. The van der Waals surface area contributed by atoms with Crippen LogP contribution in [0.5, 0.6) is 0 Å². The van der Waals surface area contributed by atoms with E-state index in [1.165, 1.54) is 29.3 Å². The second-order valence-electron chi connectivity index (χ2n) is 5.46. The predicted octanol–water partition coefficient (Wildman–Crippen LogP) is 5.80. The minimum absolute atomic E-state index is 0.146. The fourth-order valence-corrected chi connectivity index (χ4v) is 4.78. The first-order valence-electron chi connectivity index (χ1n) is 7.56. The number of rotatable bonds is 4. The summed E-state index contributed by atoms with van der Waals surface area (Å²) in [6, 6.07) is 5.25. The Morgan fingerprint density at radius 2 is 2.23 bits per heavy atom. The third kappa shape index (κ3) is 3.27. The first kappa shape index (κ1) is 17.6. The van der Waals surface area contributed by atoms with Gasteiger partial charge in [-0.15, -0.1) is 11.3 Å². The van der Waals surface area contributed by atoms with Crippen molar-refractivity contribution in [3.63, 3.8) is 0 Å². The highest BCUT2D eigenvalue weighted by Crippen LogP contribution is 2.37. The summed E-state index contributed by atoms with van der Waals surface area (Å²) in [4.78, 5) is 25.0. The lowest BCUT2D eigenvalue weighted by atomic mass is 10.2. The van der Waals surface area contributed by atoms with Crippen molar-refractivity contribution >= 4 is 56.5 Å². The molecule has 0 radical (unpaired) electrons. The molecular formula is C17H11Cl2N3O2S2. The summed E-state index contributed by atoms with van der Waals surface area (Å²) in [5, 5.41) is 3.85. The van der Waals surface area contributed by atoms with E-state index in [1.807, 2.05) is 18.4 Å². The van der Waals surface area contributed by atoms with E-state index >= 15 is 0 Å². The molecule has 4 rings (SSSR count). The summed E-state index contributed by atoms with van der Waals surface area (Å²) >= 11 is 14.9. The van der Waals surface area contributed by atoms with E-state index in [1.54, 1.807) is 18.4 Å². The van der Waals surface area contributed by atoms with Gasteiger partial charge in [0, 0.05) is 17.1 Å². The summed E-state index contributed by atoms with van der Waals surface area (Å²) in [5.41, 5.74) is 0.554. The number of nitrogens with one attached hydrogen (secondary N) is 1. The van der Waals surface area contributed by atoms with Crippen molar-refractivity contribution < 1.29 is 4.42 Å². The van der Waals surface area contributed by atoms with Gasteiger partial charge in [-0.25, -0.2) is 9.97 Å². The number of H-pyrrole nitrogens is 1. The van der Waals surface area contributed by atoms with Gasteiger partial charge in [0.25, 0.3) is 5.56 Å². The molecule has 4 heterocycles. The molecule has 1 N–H and O–H groups in total. The van der Waals surface area contributed by atoms with Crippen molar-refractivity contribution in [2.45, 2.75) is 17.2 Å². The van der Waals surface area contributed by atoms with Crippen LogP contribution in [-0.2, 0) is 0 Å². The largest absolute Gasteiger partial charge is 0.464 e. The Morgan fingerprint density at radius 3 is 2.96 bits per heavy atom. The fourth-order valence-electron chi connectivity index (χ4n) is 2.48. The van der Waals surface area contributed by atoms with Crippen molar-refractivity contribution in [2.24, 2.45) is 0 Å². The fraction of sp³-hybridized carbons (Fsp3) is 0.118. The van der Waals surface area contributed by atoms with Gasteiger partial charge in [0.2, 0.25) is 0 Å². The molecule has 4 aromatic heterocycles. The Morgan fingerprint density at radius 1 is 1.38 bits per heavy atom. The van der Waals surface area contributed by atoms with Crippen molar-refractivity contribution in [3.05, 3.63) is 62.3 Å². The number of pyridine rings is 1. The van der Waals surface area contributed by atoms with Crippen LogP contribution < -0.4 is 5.56 Å². The highest BCUT2D eigenvalue weighted by molar-refractivity contribution is 7.99. The van der Waals surface area contributed by atoms with Crippen LogP contribution in [0.3, 0.4) is 0 Å². The number of hydrogen-bond acceptors (Lipinski definition) is 6. The number of thiophene rings is 1. The van der Waals surface area contributed by atoms with Crippen LogP contribution in [0, 0.1) is 0 Å². The maximum atomic E-state index is 12.6. The number of hydrogen-bond donors (Lipinski definition) is 1. The molecule has 0 aliphatic heterocycles. The molecule has 0 bridgehead atoms. The first-order chi connectivity index (χ1) is 12.5. The minimum Gasteiger partial charge on any atom is -0.464 e. The molecule has 0 amide bonds. The summed E-state index contributed by atoms with van der Waals surface area (Å²) in [6.07, 6.45) is 3.12. The molecule has 4 aromatic rings. The third-order valence-electron chi connectivity index (χ3n) is 3.70. The number of halogens is 2. The zero-order valence-corrected chi connectivity index (χ0v) is 16.5. The Bertz CT molecular complexity index is 1140. The van der Waals surface area contributed by atoms with Gasteiger partial charge in [0.15, 0.2) is 0 Å². The lowest BCUT2D eigenvalue weighted by molar-refractivity contribution is 0.583. The van der Waals surface area contributed by atoms with E-state index in [9.17, 15) is 4.79 Å². The second kappa shape index (κ2) is 7.08. The average Bonchev–Trinajstić information content (AvgIpc) is 3.26. The van der Waals surface area contributed by atoms with Crippen LogP contribution in [0.15, 0.2) is 50.3 Å². The molecule has 26 heavy (non-hydrogen) atoms. The van der Waals surface area contributed by atoms with Gasteiger partial charge in [-0.3, -0.25) is 4.79 Å². The van der Waals surface area contributed by atoms with Crippen LogP contribution in [0.2, 0.25) is 10.0 Å². The molecule has 0 spiro atoms. The Kier molecular flexibility index (Phi) is 4.79. The van der Waals surface area contributed by atoms with E-state index in [4.69, 9.17) is 27.6 Å². The van der Waals surface area contributed by atoms with Gasteiger partial charge in [0.1, 0.15) is 21.4 Å². The summed E-state index contributed by atoms with van der Waals surface area (Å²) in [7, 11) is 0. The lowest BCUT2D eigenvalue weighted by Crippen LogP contribution is -2.12. The first-order valence-corrected chi connectivity index (χ1v) is 10.1. The van der Waals surface area contributed by atoms with Crippen molar-refractivity contribution in [1.82, 2.24) is 15.0 Å². The van der Waals surface area contributed by atoms with Gasteiger partial charge in [-0.2, -0.15) is 0 Å². The molecule has 0 fully saturated rings. The standard InChI is InChI=1S/C17H11Cl2N3O2S2/c1-8(26-16-11(19)5-9(18)6-20-16)14-21-15(23)13-10(7-25-17(13)22-14)12-3-2-4-24-12/h2-8H,1H3,(H,21,22,23). The van der Waals surface area contributed by atoms with Crippen molar-refractivity contribution in [3.8, 4) is 11.3 Å². The molecule has 0 saturated carbocycles. The Hall–Kier alpha value is -1.80.